The Balaban J connectivity index is 3.56. The Morgan fingerprint density at radius 3 is 2.31 bits per heavy atom. The van der Waals surface area contributed by atoms with Gasteiger partial charge in [-0.1, -0.05) is 0 Å². The lowest BCUT2D eigenvalue weighted by Gasteiger charge is -2.01. The van der Waals surface area contributed by atoms with Crippen LogP contribution < -0.4 is 5.14 Å². The van der Waals surface area contributed by atoms with Gasteiger partial charge in [0.15, 0.2) is 5.82 Å². The van der Waals surface area contributed by atoms with Crippen molar-refractivity contribution in [2.45, 2.75) is 4.90 Å². The fourth-order valence-corrected chi connectivity index (χ4v) is 1.94. The lowest BCUT2D eigenvalue weighted by Crippen LogP contribution is -2.14. The second kappa shape index (κ2) is 3.32. The highest BCUT2D eigenvalue weighted by molar-refractivity contribution is 9.10. The summed E-state index contributed by atoms with van der Waals surface area (Å²) in [6.07, 6.45) is 0. The van der Waals surface area contributed by atoms with Crippen LogP contribution in [0.4, 0.5) is 8.78 Å². The lowest BCUT2D eigenvalue weighted by atomic mass is 10.3. The summed E-state index contributed by atoms with van der Waals surface area (Å²) in [4.78, 5) is -0.862. The van der Waals surface area contributed by atoms with Crippen molar-refractivity contribution in [1.82, 2.24) is 0 Å². The van der Waals surface area contributed by atoms with E-state index in [4.69, 9.17) is 0 Å². The Morgan fingerprint density at radius 1 is 1.31 bits per heavy atom. The molecule has 0 atom stereocenters. The molecule has 1 aromatic rings. The van der Waals surface area contributed by atoms with E-state index in [1.54, 1.807) is 0 Å². The van der Waals surface area contributed by atoms with Gasteiger partial charge in [-0.25, -0.2) is 22.3 Å². The van der Waals surface area contributed by atoms with Gasteiger partial charge in [0, 0.05) is 0 Å². The number of rotatable bonds is 1. The minimum Gasteiger partial charge on any atom is -0.225 e. The Kier molecular flexibility index (Phi) is 2.69. The van der Waals surface area contributed by atoms with E-state index in [0.29, 0.717) is 6.07 Å². The average Bonchev–Trinajstić information content (AvgIpc) is 1.94. The van der Waals surface area contributed by atoms with Crippen molar-refractivity contribution in [2.75, 3.05) is 0 Å². The van der Waals surface area contributed by atoms with Crippen LogP contribution in [0.15, 0.2) is 21.5 Å². The Morgan fingerprint density at radius 2 is 1.85 bits per heavy atom. The predicted molar refractivity (Wildman–Crippen MR) is 45.4 cm³/mol. The molecule has 1 aromatic carbocycles. The number of halogens is 3. The van der Waals surface area contributed by atoms with Crippen LogP contribution in [0.3, 0.4) is 0 Å². The summed E-state index contributed by atoms with van der Waals surface area (Å²) in [6.45, 7) is 0. The fraction of sp³-hybridized carbons (Fsp3) is 0. The number of hydrogen-bond donors (Lipinski definition) is 1. The van der Waals surface area contributed by atoms with Gasteiger partial charge >= 0.3 is 0 Å². The third-order valence-electron chi connectivity index (χ3n) is 1.27. The third kappa shape index (κ3) is 2.23. The summed E-state index contributed by atoms with van der Waals surface area (Å²) in [7, 11) is -4.22. The fourth-order valence-electron chi connectivity index (χ4n) is 0.739. The van der Waals surface area contributed by atoms with Crippen LogP contribution >= 0.6 is 15.9 Å². The van der Waals surface area contributed by atoms with Crippen LogP contribution in [0.2, 0.25) is 0 Å². The first-order valence-electron chi connectivity index (χ1n) is 2.99. The van der Waals surface area contributed by atoms with Gasteiger partial charge in [-0.2, -0.15) is 0 Å². The normalized spacial score (nSPS) is 11.7. The number of nitrogens with two attached hydrogens (primary N) is 1. The largest absolute Gasteiger partial charge is 0.241 e. The Hall–Kier alpha value is -0.530. The number of benzene rings is 1. The van der Waals surface area contributed by atoms with Crippen molar-refractivity contribution in [3.63, 3.8) is 0 Å². The monoisotopic (exact) mass is 271 g/mol. The van der Waals surface area contributed by atoms with Gasteiger partial charge in [-0.05, 0) is 28.1 Å². The van der Waals surface area contributed by atoms with E-state index in [1.165, 1.54) is 0 Å². The van der Waals surface area contributed by atoms with Gasteiger partial charge < -0.3 is 0 Å². The van der Waals surface area contributed by atoms with Gasteiger partial charge in [0.2, 0.25) is 10.0 Å². The molecule has 0 amide bonds. The second-order valence-electron chi connectivity index (χ2n) is 2.24. The van der Waals surface area contributed by atoms with Gasteiger partial charge in [0.1, 0.15) is 10.7 Å². The maximum Gasteiger partial charge on any atom is 0.241 e. The van der Waals surface area contributed by atoms with E-state index < -0.39 is 26.6 Å². The van der Waals surface area contributed by atoms with Gasteiger partial charge in [-0.15, -0.1) is 0 Å². The van der Waals surface area contributed by atoms with E-state index >= 15 is 0 Å². The lowest BCUT2D eigenvalue weighted by molar-refractivity contribution is 0.549. The van der Waals surface area contributed by atoms with Gasteiger partial charge in [0.05, 0.1) is 4.47 Å². The molecule has 13 heavy (non-hydrogen) atoms. The van der Waals surface area contributed by atoms with Crippen molar-refractivity contribution < 1.29 is 17.2 Å². The highest BCUT2D eigenvalue weighted by atomic mass is 79.9. The van der Waals surface area contributed by atoms with Crippen LogP contribution in [-0.4, -0.2) is 8.42 Å². The molecule has 0 spiro atoms. The van der Waals surface area contributed by atoms with E-state index in [0.717, 1.165) is 6.07 Å². The molecule has 1 rings (SSSR count). The van der Waals surface area contributed by atoms with Crippen molar-refractivity contribution in [1.29, 1.82) is 0 Å². The predicted octanol–water partition coefficient (Wildman–Crippen LogP) is 1.37. The van der Waals surface area contributed by atoms with E-state index in [-0.39, 0.29) is 4.47 Å². The molecule has 0 aromatic heterocycles. The van der Waals surface area contributed by atoms with Crippen molar-refractivity contribution in [3.05, 3.63) is 28.2 Å². The number of sulfonamides is 1. The SMILES string of the molecule is NS(=O)(=O)c1cc(F)cc(Br)c1F. The first-order valence-corrected chi connectivity index (χ1v) is 5.33. The molecule has 0 fully saturated rings. The van der Waals surface area contributed by atoms with Crippen molar-refractivity contribution in [2.24, 2.45) is 5.14 Å². The zero-order valence-electron chi connectivity index (χ0n) is 6.09. The summed E-state index contributed by atoms with van der Waals surface area (Å²) in [5.41, 5.74) is 0. The molecular weight excluding hydrogens is 268 g/mol. The van der Waals surface area contributed by atoms with Crippen molar-refractivity contribution in [3.8, 4) is 0 Å². The van der Waals surface area contributed by atoms with Gasteiger partial charge in [0.25, 0.3) is 0 Å². The van der Waals surface area contributed by atoms with Crippen LogP contribution in [-0.2, 0) is 10.0 Å². The highest BCUT2D eigenvalue weighted by Crippen LogP contribution is 2.23. The summed E-state index contributed by atoms with van der Waals surface area (Å²) in [5, 5.41) is 4.64. The van der Waals surface area contributed by atoms with Crippen LogP contribution in [0, 0.1) is 11.6 Å². The van der Waals surface area contributed by atoms with Crippen molar-refractivity contribution >= 4 is 26.0 Å². The molecule has 3 nitrogen and oxygen atoms in total. The number of primary sulfonamides is 1. The number of hydrogen-bond acceptors (Lipinski definition) is 2. The molecule has 0 heterocycles. The smallest absolute Gasteiger partial charge is 0.225 e. The zero-order valence-corrected chi connectivity index (χ0v) is 8.49. The Bertz CT molecular complexity index is 446. The molecule has 2 N–H and O–H groups in total. The second-order valence-corrected chi connectivity index (χ2v) is 4.63. The van der Waals surface area contributed by atoms with E-state index in [2.05, 4.69) is 21.1 Å². The molecule has 0 radical (unpaired) electrons. The van der Waals surface area contributed by atoms with Crippen LogP contribution in [0.1, 0.15) is 0 Å². The maximum absolute atomic E-state index is 13.0. The molecule has 72 valence electrons. The van der Waals surface area contributed by atoms with Gasteiger partial charge in [-0.3, -0.25) is 0 Å². The Labute approximate surface area is 81.7 Å². The summed E-state index contributed by atoms with van der Waals surface area (Å²) >= 11 is 2.65. The first kappa shape index (κ1) is 10.6. The molecule has 0 saturated carbocycles. The molecule has 0 bridgehead atoms. The zero-order chi connectivity index (χ0) is 10.2. The quantitative estimate of drug-likeness (QED) is 0.785. The molecule has 0 aliphatic heterocycles. The molecule has 7 heteroatoms. The minimum atomic E-state index is -4.22. The molecule has 0 aliphatic rings. The standard InChI is InChI=1S/C6H4BrF2NO2S/c7-4-1-3(8)2-5(6(4)9)13(10,11)12/h1-2H,(H2,10,11,12). The first-order chi connectivity index (χ1) is 5.82. The average molecular weight is 272 g/mol. The molecule has 0 unspecified atom stereocenters. The molecule has 0 saturated heterocycles. The highest BCUT2D eigenvalue weighted by Gasteiger charge is 2.18. The molecule has 0 aliphatic carbocycles. The topological polar surface area (TPSA) is 60.2 Å². The van der Waals surface area contributed by atoms with Crippen LogP contribution in [0.25, 0.3) is 0 Å². The summed E-state index contributed by atoms with van der Waals surface area (Å²) in [5.74, 6) is -1.97. The van der Waals surface area contributed by atoms with E-state index in [9.17, 15) is 17.2 Å². The minimum absolute atomic E-state index is 0.281. The van der Waals surface area contributed by atoms with E-state index in [1.807, 2.05) is 0 Å². The van der Waals surface area contributed by atoms with Crippen LogP contribution in [0.5, 0.6) is 0 Å². The molecular formula is C6H4BrF2NO2S. The maximum atomic E-state index is 13.0. The third-order valence-corrected chi connectivity index (χ3v) is 2.75. The summed E-state index contributed by atoms with van der Waals surface area (Å²) < 4.78 is 46.8. The summed E-state index contributed by atoms with van der Waals surface area (Å²) in [6, 6.07) is 1.33.